The van der Waals surface area contributed by atoms with Crippen LogP contribution in [0.1, 0.15) is 11.3 Å². The molecule has 0 saturated carbocycles. The first-order chi connectivity index (χ1) is 5.36. The van der Waals surface area contributed by atoms with E-state index in [4.69, 9.17) is 11.0 Å². The van der Waals surface area contributed by atoms with Crippen LogP contribution in [0.15, 0.2) is 24.5 Å². The van der Waals surface area contributed by atoms with Crippen LogP contribution in [0.5, 0.6) is 0 Å². The number of pyridine rings is 1. The maximum Gasteiger partial charge on any atom is 0.101 e. The molecule has 2 N–H and O–H groups in total. The van der Waals surface area contributed by atoms with Gasteiger partial charge in [-0.15, -0.1) is 0 Å². The number of hydrogen-bond acceptors (Lipinski definition) is 3. The van der Waals surface area contributed by atoms with Crippen molar-refractivity contribution in [2.75, 3.05) is 0 Å². The third kappa shape index (κ3) is 1.80. The van der Waals surface area contributed by atoms with Crippen molar-refractivity contribution in [2.45, 2.75) is 0 Å². The normalized spacial score (nSPS) is 9.73. The minimum atomic E-state index is 0.555. The number of rotatable bonds is 1. The summed E-state index contributed by atoms with van der Waals surface area (Å²) in [6.45, 7) is 0. The molecule has 0 radical (unpaired) electrons. The molecule has 0 bridgehead atoms. The van der Waals surface area contributed by atoms with Gasteiger partial charge in [-0.05, 0) is 24.4 Å². The van der Waals surface area contributed by atoms with E-state index in [1.165, 1.54) is 12.4 Å². The van der Waals surface area contributed by atoms with Gasteiger partial charge in [-0.1, -0.05) is 0 Å². The first kappa shape index (κ1) is 7.29. The van der Waals surface area contributed by atoms with E-state index < -0.39 is 0 Å². The monoisotopic (exact) mass is 145 g/mol. The lowest BCUT2D eigenvalue weighted by atomic mass is 10.3. The first-order valence-corrected chi connectivity index (χ1v) is 3.11. The molecule has 54 valence electrons. The van der Waals surface area contributed by atoms with E-state index in [9.17, 15) is 0 Å². The molecular formula is C8H7N3. The van der Waals surface area contributed by atoms with Gasteiger partial charge in [-0.25, -0.2) is 0 Å². The summed E-state index contributed by atoms with van der Waals surface area (Å²) < 4.78 is 0. The van der Waals surface area contributed by atoms with Crippen molar-refractivity contribution < 1.29 is 0 Å². The molecule has 0 aromatic carbocycles. The number of nitrogens with zero attached hydrogens (tertiary/aromatic N) is 2. The second-order valence-corrected chi connectivity index (χ2v) is 1.94. The first-order valence-electron chi connectivity index (χ1n) is 3.11. The molecule has 0 unspecified atom stereocenters. The van der Waals surface area contributed by atoms with Gasteiger partial charge >= 0.3 is 0 Å². The van der Waals surface area contributed by atoms with E-state index in [1.807, 2.05) is 6.07 Å². The van der Waals surface area contributed by atoms with E-state index >= 15 is 0 Å². The second kappa shape index (κ2) is 3.37. The zero-order chi connectivity index (χ0) is 8.10. The summed E-state index contributed by atoms with van der Waals surface area (Å²) in [5.74, 6) is 0. The maximum absolute atomic E-state index is 8.43. The van der Waals surface area contributed by atoms with Gasteiger partial charge in [0, 0.05) is 6.20 Å². The van der Waals surface area contributed by atoms with Crippen LogP contribution in [0.4, 0.5) is 0 Å². The number of aromatic nitrogens is 1. The fraction of sp³-hybridized carbons (Fsp3) is 0. The van der Waals surface area contributed by atoms with E-state index in [0.717, 1.165) is 5.69 Å². The Morgan fingerprint density at radius 3 is 2.82 bits per heavy atom. The highest BCUT2D eigenvalue weighted by Crippen LogP contribution is 1.99. The van der Waals surface area contributed by atoms with Gasteiger partial charge in [-0.2, -0.15) is 5.26 Å². The Morgan fingerprint density at radius 1 is 1.55 bits per heavy atom. The predicted octanol–water partition coefficient (Wildman–Crippen LogP) is 0.883. The van der Waals surface area contributed by atoms with Crippen LogP contribution in [-0.2, 0) is 0 Å². The number of nitriles is 1. The molecule has 1 aromatic rings. The molecular weight excluding hydrogens is 138 g/mol. The van der Waals surface area contributed by atoms with Gasteiger partial charge < -0.3 is 5.73 Å². The van der Waals surface area contributed by atoms with Crippen molar-refractivity contribution in [3.05, 3.63) is 35.8 Å². The largest absolute Gasteiger partial charge is 0.405 e. The topological polar surface area (TPSA) is 62.7 Å². The lowest BCUT2D eigenvalue weighted by Crippen LogP contribution is -1.83. The quantitative estimate of drug-likeness (QED) is 0.638. The summed E-state index contributed by atoms with van der Waals surface area (Å²) in [6, 6.07) is 5.41. The minimum Gasteiger partial charge on any atom is -0.405 e. The van der Waals surface area contributed by atoms with Crippen LogP contribution < -0.4 is 5.73 Å². The van der Waals surface area contributed by atoms with Crippen LogP contribution >= 0.6 is 0 Å². The summed E-state index contributed by atoms with van der Waals surface area (Å²) in [5, 5.41) is 8.43. The highest BCUT2D eigenvalue weighted by Gasteiger charge is 1.89. The van der Waals surface area contributed by atoms with E-state index in [2.05, 4.69) is 4.98 Å². The molecule has 0 aliphatic rings. The Hall–Kier alpha value is -1.82. The van der Waals surface area contributed by atoms with Gasteiger partial charge in [0.2, 0.25) is 0 Å². The summed E-state index contributed by atoms with van der Waals surface area (Å²) >= 11 is 0. The zero-order valence-electron chi connectivity index (χ0n) is 5.86. The Labute approximate surface area is 64.8 Å². The van der Waals surface area contributed by atoms with Crippen LogP contribution in [0.2, 0.25) is 0 Å². The highest BCUT2D eigenvalue weighted by molar-refractivity contribution is 5.44. The molecule has 11 heavy (non-hydrogen) atoms. The van der Waals surface area contributed by atoms with E-state index in [0.29, 0.717) is 5.56 Å². The molecule has 3 heteroatoms. The second-order valence-electron chi connectivity index (χ2n) is 1.94. The summed E-state index contributed by atoms with van der Waals surface area (Å²) in [4.78, 5) is 3.95. The van der Waals surface area contributed by atoms with Gasteiger partial charge in [0.1, 0.15) is 6.07 Å². The van der Waals surface area contributed by atoms with Crippen molar-refractivity contribution in [2.24, 2.45) is 5.73 Å². The molecule has 0 aliphatic heterocycles. The molecule has 0 amide bonds. The molecule has 1 aromatic heterocycles. The minimum absolute atomic E-state index is 0.555. The summed E-state index contributed by atoms with van der Waals surface area (Å²) in [6.07, 6.45) is 4.59. The molecule has 1 rings (SSSR count). The van der Waals surface area contributed by atoms with Crippen molar-refractivity contribution in [1.29, 1.82) is 5.26 Å². The van der Waals surface area contributed by atoms with Crippen molar-refractivity contribution in [3.8, 4) is 6.07 Å². The molecule has 0 aliphatic carbocycles. The van der Waals surface area contributed by atoms with Gasteiger partial charge in [-0.3, -0.25) is 4.98 Å². The van der Waals surface area contributed by atoms with Crippen molar-refractivity contribution in [1.82, 2.24) is 4.98 Å². The zero-order valence-corrected chi connectivity index (χ0v) is 5.86. The average Bonchev–Trinajstić information content (AvgIpc) is 2.07. The molecule has 0 fully saturated rings. The molecule has 3 nitrogen and oxygen atoms in total. The Morgan fingerprint density at radius 2 is 2.36 bits per heavy atom. The van der Waals surface area contributed by atoms with Gasteiger partial charge in [0.25, 0.3) is 0 Å². The Bertz CT molecular complexity index is 292. The average molecular weight is 145 g/mol. The highest BCUT2D eigenvalue weighted by atomic mass is 14.7. The fourth-order valence-electron chi connectivity index (χ4n) is 0.669. The van der Waals surface area contributed by atoms with Crippen LogP contribution in [0.25, 0.3) is 6.08 Å². The lowest BCUT2D eigenvalue weighted by Gasteiger charge is -1.89. The molecule has 0 atom stereocenters. The van der Waals surface area contributed by atoms with Crippen LogP contribution in [0, 0.1) is 11.3 Å². The lowest BCUT2D eigenvalue weighted by molar-refractivity contribution is 1.27. The molecule has 0 spiro atoms. The fourth-order valence-corrected chi connectivity index (χ4v) is 0.669. The van der Waals surface area contributed by atoms with Gasteiger partial charge in [0.15, 0.2) is 0 Å². The van der Waals surface area contributed by atoms with Crippen LogP contribution in [0.3, 0.4) is 0 Å². The number of nitrogens with two attached hydrogens (primary N) is 1. The van der Waals surface area contributed by atoms with E-state index in [-0.39, 0.29) is 0 Å². The van der Waals surface area contributed by atoms with E-state index in [1.54, 1.807) is 18.2 Å². The molecule has 1 heterocycles. The maximum atomic E-state index is 8.43. The third-order valence-corrected chi connectivity index (χ3v) is 1.18. The standard InChI is InChI=1S/C8H7N3/c9-4-3-8-2-1-7(5-10)6-11-8/h1-4,6H,9H2. The summed E-state index contributed by atoms with van der Waals surface area (Å²) in [7, 11) is 0. The number of hydrogen-bond donors (Lipinski definition) is 1. The SMILES string of the molecule is N#Cc1ccc(C=CN)nc1. The predicted molar refractivity (Wildman–Crippen MR) is 42.2 cm³/mol. The smallest absolute Gasteiger partial charge is 0.101 e. The molecule has 0 saturated heterocycles. The Balaban J connectivity index is 2.94. The van der Waals surface area contributed by atoms with Gasteiger partial charge in [0.05, 0.1) is 11.3 Å². The summed E-state index contributed by atoms with van der Waals surface area (Å²) in [5.41, 5.74) is 6.46. The van der Waals surface area contributed by atoms with Crippen LogP contribution in [-0.4, -0.2) is 4.98 Å². The van der Waals surface area contributed by atoms with Crippen molar-refractivity contribution in [3.63, 3.8) is 0 Å². The Kier molecular flexibility index (Phi) is 2.24. The third-order valence-electron chi connectivity index (χ3n) is 1.18. The van der Waals surface area contributed by atoms with Crippen molar-refractivity contribution >= 4 is 6.08 Å².